The number of hydrogen-bond acceptors (Lipinski definition) is 4. The van der Waals surface area contributed by atoms with Crippen LogP contribution in [0.5, 0.6) is 0 Å². The van der Waals surface area contributed by atoms with E-state index in [1.807, 2.05) is 6.07 Å². The van der Waals surface area contributed by atoms with E-state index in [1.54, 1.807) is 51.1 Å². The second-order valence-corrected chi connectivity index (χ2v) is 8.66. The van der Waals surface area contributed by atoms with Crippen LogP contribution < -0.4 is 5.32 Å². The van der Waals surface area contributed by atoms with Gasteiger partial charge in [-0.05, 0) is 44.5 Å². The molecule has 0 aliphatic rings. The first-order valence-electron chi connectivity index (χ1n) is 6.84. The van der Waals surface area contributed by atoms with Crippen molar-refractivity contribution in [3.05, 3.63) is 41.5 Å². The van der Waals surface area contributed by atoms with Crippen LogP contribution in [0.25, 0.3) is 6.08 Å². The van der Waals surface area contributed by atoms with Crippen molar-refractivity contribution in [3.8, 4) is 6.07 Å². The predicted molar refractivity (Wildman–Crippen MR) is 86.7 cm³/mol. The SMILES string of the molecule is CC(C)(C)S(=O)(=O)CCNC(=O)/C=C/c1cccc(C#N)c1. The molecule has 0 radical (unpaired) electrons. The lowest BCUT2D eigenvalue weighted by atomic mass is 10.1. The number of carbonyl (C=O) groups excluding carboxylic acids is 1. The van der Waals surface area contributed by atoms with Gasteiger partial charge < -0.3 is 5.32 Å². The average Bonchev–Trinajstić information content (AvgIpc) is 2.44. The third-order valence-corrected chi connectivity index (χ3v) is 5.65. The highest BCUT2D eigenvalue weighted by Gasteiger charge is 2.28. The molecule has 0 unspecified atom stereocenters. The highest BCUT2D eigenvalue weighted by molar-refractivity contribution is 7.92. The van der Waals surface area contributed by atoms with Crippen LogP contribution in [-0.2, 0) is 14.6 Å². The van der Waals surface area contributed by atoms with E-state index in [0.29, 0.717) is 5.56 Å². The van der Waals surface area contributed by atoms with E-state index in [9.17, 15) is 13.2 Å². The molecule has 0 saturated heterocycles. The number of nitrogens with zero attached hydrogens (tertiary/aromatic N) is 1. The van der Waals surface area contributed by atoms with Gasteiger partial charge in [-0.2, -0.15) is 5.26 Å². The van der Waals surface area contributed by atoms with E-state index in [0.717, 1.165) is 5.56 Å². The molecule has 118 valence electrons. The summed E-state index contributed by atoms with van der Waals surface area (Å²) in [5.74, 6) is -0.466. The summed E-state index contributed by atoms with van der Waals surface area (Å²) in [6, 6.07) is 8.86. The molecule has 0 aliphatic heterocycles. The molecule has 6 heteroatoms. The Morgan fingerprint density at radius 3 is 2.64 bits per heavy atom. The van der Waals surface area contributed by atoms with Crippen molar-refractivity contribution < 1.29 is 13.2 Å². The number of hydrogen-bond donors (Lipinski definition) is 1. The molecule has 0 heterocycles. The zero-order chi connectivity index (χ0) is 16.8. The second-order valence-electron chi connectivity index (χ2n) is 5.79. The lowest BCUT2D eigenvalue weighted by Gasteiger charge is -2.18. The largest absolute Gasteiger partial charge is 0.352 e. The maximum absolute atomic E-state index is 11.9. The van der Waals surface area contributed by atoms with Crippen LogP contribution in [0.4, 0.5) is 0 Å². The van der Waals surface area contributed by atoms with Gasteiger partial charge in [0.15, 0.2) is 9.84 Å². The Labute approximate surface area is 131 Å². The number of sulfone groups is 1. The number of rotatable bonds is 5. The van der Waals surface area contributed by atoms with Gasteiger partial charge in [-0.15, -0.1) is 0 Å². The molecule has 5 nitrogen and oxygen atoms in total. The summed E-state index contributed by atoms with van der Waals surface area (Å²) in [5, 5.41) is 11.3. The molecule has 1 aromatic rings. The molecule has 1 rings (SSSR count). The van der Waals surface area contributed by atoms with Gasteiger partial charge in [0.25, 0.3) is 0 Å². The minimum atomic E-state index is -3.24. The van der Waals surface area contributed by atoms with E-state index in [1.165, 1.54) is 6.08 Å². The molecule has 0 fully saturated rings. The maximum Gasteiger partial charge on any atom is 0.244 e. The van der Waals surface area contributed by atoms with Crippen molar-refractivity contribution in [1.82, 2.24) is 5.32 Å². The lowest BCUT2D eigenvalue weighted by molar-refractivity contribution is -0.116. The Morgan fingerprint density at radius 1 is 1.36 bits per heavy atom. The second kappa shape index (κ2) is 7.23. The molecule has 0 bridgehead atoms. The molecular weight excluding hydrogens is 300 g/mol. The van der Waals surface area contributed by atoms with Crippen molar-refractivity contribution in [2.24, 2.45) is 0 Å². The minimum absolute atomic E-state index is 0.0704. The zero-order valence-corrected chi connectivity index (χ0v) is 13.8. The van der Waals surface area contributed by atoms with Crippen LogP contribution in [-0.4, -0.2) is 31.4 Å². The van der Waals surface area contributed by atoms with Gasteiger partial charge >= 0.3 is 0 Å². The van der Waals surface area contributed by atoms with Crippen LogP contribution in [0.15, 0.2) is 30.3 Å². The van der Waals surface area contributed by atoms with Crippen molar-refractivity contribution in [3.63, 3.8) is 0 Å². The highest BCUT2D eigenvalue weighted by Crippen LogP contribution is 2.15. The molecule has 0 aliphatic carbocycles. The van der Waals surface area contributed by atoms with Crippen LogP contribution in [0.1, 0.15) is 31.9 Å². The number of benzene rings is 1. The van der Waals surface area contributed by atoms with Gasteiger partial charge in [0.05, 0.1) is 22.1 Å². The van der Waals surface area contributed by atoms with Crippen LogP contribution in [0.3, 0.4) is 0 Å². The van der Waals surface area contributed by atoms with Gasteiger partial charge in [-0.25, -0.2) is 8.42 Å². The third kappa shape index (κ3) is 5.34. The first-order valence-corrected chi connectivity index (χ1v) is 8.49. The average molecular weight is 320 g/mol. The van der Waals surface area contributed by atoms with E-state index in [4.69, 9.17) is 5.26 Å². The standard InChI is InChI=1S/C16H20N2O3S/c1-16(2,3)22(20,21)10-9-18-15(19)8-7-13-5-4-6-14(11-13)12-17/h4-8,11H,9-10H2,1-3H3,(H,18,19)/b8-7+. The van der Waals surface area contributed by atoms with Gasteiger partial charge in [-0.3, -0.25) is 4.79 Å². The molecule has 1 amide bonds. The summed E-state index contributed by atoms with van der Waals surface area (Å²) < 4.78 is 22.9. The normalized spacial score (nSPS) is 12.1. The molecular formula is C16H20N2O3S. The first-order chi connectivity index (χ1) is 10.2. The summed E-state index contributed by atoms with van der Waals surface area (Å²) in [5.41, 5.74) is 1.25. The molecule has 1 aromatic carbocycles. The lowest BCUT2D eigenvalue weighted by Crippen LogP contribution is -2.36. The maximum atomic E-state index is 11.9. The van der Waals surface area contributed by atoms with Gasteiger partial charge in [-0.1, -0.05) is 12.1 Å². The van der Waals surface area contributed by atoms with Crippen molar-refractivity contribution in [2.45, 2.75) is 25.5 Å². The van der Waals surface area contributed by atoms with Gasteiger partial charge in [0.1, 0.15) is 0 Å². The predicted octanol–water partition coefficient (Wildman–Crippen LogP) is 1.90. The molecule has 0 atom stereocenters. The summed E-state index contributed by atoms with van der Waals surface area (Å²) in [4.78, 5) is 11.6. The Balaban J connectivity index is 2.54. The molecule has 22 heavy (non-hydrogen) atoms. The van der Waals surface area contributed by atoms with Gasteiger partial charge in [0, 0.05) is 12.6 Å². The van der Waals surface area contributed by atoms with Crippen LogP contribution in [0.2, 0.25) is 0 Å². The summed E-state index contributed by atoms with van der Waals surface area (Å²) in [7, 11) is -3.24. The zero-order valence-electron chi connectivity index (χ0n) is 13.0. The fraction of sp³-hybridized carbons (Fsp3) is 0.375. The van der Waals surface area contributed by atoms with Crippen LogP contribution >= 0.6 is 0 Å². The molecule has 0 saturated carbocycles. The quantitative estimate of drug-likeness (QED) is 0.839. The Morgan fingerprint density at radius 2 is 2.05 bits per heavy atom. The van der Waals surface area contributed by atoms with Gasteiger partial charge in [0.2, 0.25) is 5.91 Å². The molecule has 1 N–H and O–H groups in total. The topological polar surface area (TPSA) is 87.0 Å². The summed E-state index contributed by atoms with van der Waals surface area (Å²) in [6.45, 7) is 4.96. The molecule has 0 aromatic heterocycles. The van der Waals surface area contributed by atoms with Crippen molar-refractivity contribution in [1.29, 1.82) is 5.26 Å². The third-order valence-electron chi connectivity index (χ3n) is 3.05. The van der Waals surface area contributed by atoms with E-state index in [-0.39, 0.29) is 18.2 Å². The van der Waals surface area contributed by atoms with Crippen molar-refractivity contribution in [2.75, 3.05) is 12.3 Å². The van der Waals surface area contributed by atoms with Crippen LogP contribution in [0, 0.1) is 11.3 Å². The fourth-order valence-corrected chi connectivity index (χ4v) is 2.54. The van der Waals surface area contributed by atoms with E-state index >= 15 is 0 Å². The highest BCUT2D eigenvalue weighted by atomic mass is 32.2. The van der Waals surface area contributed by atoms with Crippen molar-refractivity contribution >= 4 is 21.8 Å². The smallest absolute Gasteiger partial charge is 0.244 e. The Bertz CT molecular complexity index is 708. The Kier molecular flexibility index (Phi) is 5.89. The minimum Gasteiger partial charge on any atom is -0.352 e. The van der Waals surface area contributed by atoms with E-state index < -0.39 is 14.6 Å². The fourth-order valence-electron chi connectivity index (χ4n) is 1.56. The Hall–Kier alpha value is -2.13. The number of nitriles is 1. The summed E-state index contributed by atoms with van der Waals surface area (Å²) >= 11 is 0. The summed E-state index contributed by atoms with van der Waals surface area (Å²) in [6.07, 6.45) is 2.90. The number of nitrogens with one attached hydrogen (secondary N) is 1. The monoisotopic (exact) mass is 320 g/mol. The first kappa shape index (κ1) is 17.9. The van der Waals surface area contributed by atoms with E-state index in [2.05, 4.69) is 5.32 Å². The number of amides is 1. The number of carbonyl (C=O) groups is 1. The molecule has 0 spiro atoms.